The number of nitrogens with zero attached hydrogens (tertiary/aromatic N) is 1. The van der Waals surface area contributed by atoms with Crippen LogP contribution < -0.4 is 5.32 Å². The molecule has 5 heteroatoms. The molecule has 0 bridgehead atoms. The number of carboxylic acid groups (broad SMARTS) is 1. The van der Waals surface area contributed by atoms with Crippen molar-refractivity contribution >= 4 is 12.0 Å². The van der Waals surface area contributed by atoms with E-state index in [4.69, 9.17) is 0 Å². The zero-order valence-corrected chi connectivity index (χ0v) is 12.6. The van der Waals surface area contributed by atoms with Crippen LogP contribution in [0, 0.1) is 11.3 Å². The number of rotatable bonds is 4. The molecule has 0 saturated carbocycles. The molecule has 110 valence electrons. The van der Waals surface area contributed by atoms with Gasteiger partial charge in [-0.1, -0.05) is 20.8 Å². The first-order valence-corrected chi connectivity index (χ1v) is 6.95. The number of hydrogen-bond acceptors (Lipinski definition) is 2. The first-order valence-electron chi connectivity index (χ1n) is 6.95. The largest absolute Gasteiger partial charge is 0.481 e. The molecule has 0 spiro atoms. The summed E-state index contributed by atoms with van der Waals surface area (Å²) in [7, 11) is 0. The van der Waals surface area contributed by atoms with Gasteiger partial charge in [-0.05, 0) is 32.6 Å². The number of carbonyl (C=O) groups excluding carboxylic acids is 1. The fourth-order valence-electron chi connectivity index (χ4n) is 2.36. The van der Waals surface area contributed by atoms with Crippen molar-refractivity contribution in [2.24, 2.45) is 11.3 Å². The molecule has 2 amide bonds. The molecular weight excluding hydrogens is 244 g/mol. The Hall–Kier alpha value is -1.26. The van der Waals surface area contributed by atoms with Crippen LogP contribution in [0.1, 0.15) is 47.5 Å². The summed E-state index contributed by atoms with van der Waals surface area (Å²) in [6.07, 6.45) is 1.36. The average Bonchev–Trinajstić information content (AvgIpc) is 2.74. The van der Waals surface area contributed by atoms with E-state index in [1.165, 1.54) is 0 Å². The molecular formula is C14H26N2O3. The van der Waals surface area contributed by atoms with Crippen molar-refractivity contribution in [3.8, 4) is 0 Å². The number of carboxylic acids is 1. The molecule has 1 rings (SSSR count). The quantitative estimate of drug-likeness (QED) is 0.823. The minimum absolute atomic E-state index is 0.0157. The van der Waals surface area contributed by atoms with Crippen LogP contribution in [0.2, 0.25) is 0 Å². The maximum Gasteiger partial charge on any atom is 0.317 e. The second kappa shape index (κ2) is 5.39. The molecule has 0 radical (unpaired) electrons. The van der Waals surface area contributed by atoms with Crippen LogP contribution in [0.5, 0.6) is 0 Å². The summed E-state index contributed by atoms with van der Waals surface area (Å²) >= 11 is 0. The third kappa shape index (κ3) is 3.19. The number of amides is 2. The highest BCUT2D eigenvalue weighted by atomic mass is 16.4. The Labute approximate surface area is 115 Å². The second-order valence-corrected chi connectivity index (χ2v) is 6.46. The summed E-state index contributed by atoms with van der Waals surface area (Å²) in [5.41, 5.74) is -1.06. The summed E-state index contributed by atoms with van der Waals surface area (Å²) in [6, 6.07) is -0.157. The topological polar surface area (TPSA) is 69.6 Å². The predicted octanol–water partition coefficient (Wildman–Crippen LogP) is 2.32. The first kappa shape index (κ1) is 15.8. The molecule has 1 heterocycles. The molecule has 0 aromatic heterocycles. The normalized spacial score (nSPS) is 23.8. The van der Waals surface area contributed by atoms with E-state index in [9.17, 15) is 14.7 Å². The lowest BCUT2D eigenvalue weighted by Crippen LogP contribution is -2.50. The van der Waals surface area contributed by atoms with Gasteiger partial charge in [0, 0.05) is 18.6 Å². The summed E-state index contributed by atoms with van der Waals surface area (Å²) in [5.74, 6) is -0.783. The molecule has 0 aliphatic carbocycles. The number of carbonyl (C=O) groups is 2. The molecule has 1 aliphatic heterocycles. The van der Waals surface area contributed by atoms with Gasteiger partial charge in [-0.25, -0.2) is 4.79 Å². The third-order valence-electron chi connectivity index (χ3n) is 4.45. The lowest BCUT2D eigenvalue weighted by Gasteiger charge is -2.31. The molecule has 0 aromatic rings. The molecule has 1 aliphatic rings. The van der Waals surface area contributed by atoms with Crippen molar-refractivity contribution in [3.63, 3.8) is 0 Å². The Morgan fingerprint density at radius 2 is 2.00 bits per heavy atom. The summed E-state index contributed by atoms with van der Waals surface area (Å²) in [5, 5.41) is 12.4. The van der Waals surface area contributed by atoms with Crippen molar-refractivity contribution in [3.05, 3.63) is 0 Å². The first-order chi connectivity index (χ1) is 8.64. The third-order valence-corrected chi connectivity index (χ3v) is 4.45. The highest BCUT2D eigenvalue weighted by Crippen LogP contribution is 2.38. The fraction of sp³-hybridized carbons (Fsp3) is 0.857. The highest BCUT2D eigenvalue weighted by molar-refractivity contribution is 5.80. The van der Waals surface area contributed by atoms with Crippen LogP contribution in [-0.4, -0.2) is 40.6 Å². The number of hydrogen-bond donors (Lipinski definition) is 2. The Kier molecular flexibility index (Phi) is 4.48. The van der Waals surface area contributed by atoms with Gasteiger partial charge in [0.1, 0.15) is 0 Å². The molecule has 0 aromatic carbocycles. The molecule has 5 nitrogen and oxygen atoms in total. The summed E-state index contributed by atoms with van der Waals surface area (Å²) in [4.78, 5) is 25.3. The molecule has 1 saturated heterocycles. The van der Waals surface area contributed by atoms with Gasteiger partial charge in [-0.3, -0.25) is 4.79 Å². The maximum absolute atomic E-state index is 12.2. The zero-order chi connectivity index (χ0) is 14.8. The highest BCUT2D eigenvalue weighted by Gasteiger charge is 2.48. The van der Waals surface area contributed by atoms with E-state index in [1.807, 2.05) is 34.6 Å². The van der Waals surface area contributed by atoms with Gasteiger partial charge in [-0.15, -0.1) is 0 Å². The maximum atomic E-state index is 12.2. The zero-order valence-electron chi connectivity index (χ0n) is 12.6. The SMILES string of the molecule is CCC(C)(C)NC(=O)N1CCC(C(=O)O)(C(C)C)C1. The standard InChI is InChI=1S/C14H26N2O3/c1-6-13(4,5)15-12(19)16-8-7-14(9-16,10(2)3)11(17)18/h10H,6-9H2,1-5H3,(H,15,19)(H,17,18). The van der Waals surface area contributed by atoms with Gasteiger partial charge >= 0.3 is 12.0 Å². The lowest BCUT2D eigenvalue weighted by atomic mass is 9.76. The van der Waals surface area contributed by atoms with Gasteiger partial charge in [0.15, 0.2) is 0 Å². The Bertz CT molecular complexity index is 366. The van der Waals surface area contributed by atoms with Gasteiger partial charge in [-0.2, -0.15) is 0 Å². The van der Waals surface area contributed by atoms with E-state index in [0.717, 1.165) is 6.42 Å². The number of nitrogens with one attached hydrogen (secondary N) is 1. The van der Waals surface area contributed by atoms with Crippen molar-refractivity contribution in [2.75, 3.05) is 13.1 Å². The van der Waals surface area contributed by atoms with E-state index in [-0.39, 0.29) is 17.5 Å². The molecule has 1 atom stereocenters. The van der Waals surface area contributed by atoms with E-state index in [1.54, 1.807) is 4.90 Å². The predicted molar refractivity (Wildman–Crippen MR) is 74.0 cm³/mol. The Morgan fingerprint density at radius 1 is 1.42 bits per heavy atom. The van der Waals surface area contributed by atoms with Crippen LogP contribution >= 0.6 is 0 Å². The molecule has 1 fully saturated rings. The van der Waals surface area contributed by atoms with Crippen LogP contribution in [0.15, 0.2) is 0 Å². The summed E-state index contributed by atoms with van der Waals surface area (Å²) in [6.45, 7) is 10.6. The van der Waals surface area contributed by atoms with Crippen LogP contribution in [0.3, 0.4) is 0 Å². The van der Waals surface area contributed by atoms with Crippen LogP contribution in [0.4, 0.5) is 4.79 Å². The van der Waals surface area contributed by atoms with Crippen LogP contribution in [0.25, 0.3) is 0 Å². The fourth-order valence-corrected chi connectivity index (χ4v) is 2.36. The van der Waals surface area contributed by atoms with Crippen molar-refractivity contribution in [1.29, 1.82) is 0 Å². The minimum atomic E-state index is -0.799. The molecule has 1 unspecified atom stereocenters. The Balaban J connectivity index is 2.75. The number of urea groups is 1. The van der Waals surface area contributed by atoms with E-state index < -0.39 is 11.4 Å². The van der Waals surface area contributed by atoms with Crippen molar-refractivity contribution < 1.29 is 14.7 Å². The van der Waals surface area contributed by atoms with E-state index in [2.05, 4.69) is 5.32 Å². The molecule has 2 N–H and O–H groups in total. The van der Waals surface area contributed by atoms with Gasteiger partial charge in [0.25, 0.3) is 0 Å². The van der Waals surface area contributed by atoms with Crippen molar-refractivity contribution in [1.82, 2.24) is 10.2 Å². The van der Waals surface area contributed by atoms with E-state index >= 15 is 0 Å². The Morgan fingerprint density at radius 3 is 2.37 bits per heavy atom. The average molecular weight is 270 g/mol. The van der Waals surface area contributed by atoms with Gasteiger partial charge < -0.3 is 15.3 Å². The number of aliphatic carboxylic acids is 1. The monoisotopic (exact) mass is 270 g/mol. The second-order valence-electron chi connectivity index (χ2n) is 6.46. The molecule has 19 heavy (non-hydrogen) atoms. The van der Waals surface area contributed by atoms with E-state index in [0.29, 0.717) is 19.5 Å². The van der Waals surface area contributed by atoms with Gasteiger partial charge in [0.05, 0.1) is 5.41 Å². The lowest BCUT2D eigenvalue weighted by molar-refractivity contribution is -0.150. The number of likely N-dealkylation sites (tertiary alicyclic amines) is 1. The smallest absolute Gasteiger partial charge is 0.317 e. The minimum Gasteiger partial charge on any atom is -0.481 e. The van der Waals surface area contributed by atoms with Crippen molar-refractivity contribution in [2.45, 2.75) is 53.0 Å². The van der Waals surface area contributed by atoms with Crippen LogP contribution in [-0.2, 0) is 4.79 Å². The summed E-state index contributed by atoms with van der Waals surface area (Å²) < 4.78 is 0. The van der Waals surface area contributed by atoms with Gasteiger partial charge in [0.2, 0.25) is 0 Å².